The van der Waals surface area contributed by atoms with E-state index < -0.39 is 0 Å². The SMILES string of the molecule is COc1cccc(N(C)CCOCCN)c1. The van der Waals surface area contributed by atoms with Crippen molar-refractivity contribution in [2.45, 2.75) is 0 Å². The highest BCUT2D eigenvalue weighted by atomic mass is 16.5. The van der Waals surface area contributed by atoms with Gasteiger partial charge in [-0.2, -0.15) is 0 Å². The van der Waals surface area contributed by atoms with Crippen molar-refractivity contribution < 1.29 is 9.47 Å². The highest BCUT2D eigenvalue weighted by Crippen LogP contribution is 2.19. The lowest BCUT2D eigenvalue weighted by Gasteiger charge is -2.19. The molecule has 0 aliphatic heterocycles. The number of methoxy groups -OCH3 is 1. The van der Waals surface area contributed by atoms with Crippen LogP contribution in [0.25, 0.3) is 0 Å². The quantitative estimate of drug-likeness (QED) is 0.705. The maximum Gasteiger partial charge on any atom is 0.120 e. The highest BCUT2D eigenvalue weighted by molar-refractivity contribution is 5.49. The smallest absolute Gasteiger partial charge is 0.120 e. The zero-order valence-corrected chi connectivity index (χ0v) is 9.98. The summed E-state index contributed by atoms with van der Waals surface area (Å²) in [5.41, 5.74) is 6.46. The van der Waals surface area contributed by atoms with Crippen molar-refractivity contribution >= 4 is 5.69 Å². The molecule has 2 N–H and O–H groups in total. The first-order chi connectivity index (χ1) is 7.77. The number of benzene rings is 1. The normalized spacial score (nSPS) is 10.2. The highest BCUT2D eigenvalue weighted by Gasteiger charge is 2.01. The third kappa shape index (κ3) is 4.08. The lowest BCUT2D eigenvalue weighted by atomic mass is 10.3. The molecule has 4 nitrogen and oxygen atoms in total. The van der Waals surface area contributed by atoms with Gasteiger partial charge in [-0.05, 0) is 12.1 Å². The molecule has 0 unspecified atom stereocenters. The summed E-state index contributed by atoms with van der Waals surface area (Å²) in [5, 5.41) is 0. The van der Waals surface area contributed by atoms with Crippen LogP contribution >= 0.6 is 0 Å². The Bertz CT molecular complexity index is 305. The topological polar surface area (TPSA) is 47.7 Å². The van der Waals surface area contributed by atoms with E-state index in [1.54, 1.807) is 7.11 Å². The summed E-state index contributed by atoms with van der Waals surface area (Å²) in [4.78, 5) is 2.12. The predicted octanol–water partition coefficient (Wildman–Crippen LogP) is 1.11. The third-order valence-corrected chi connectivity index (χ3v) is 2.33. The van der Waals surface area contributed by atoms with Crippen LogP contribution < -0.4 is 15.4 Å². The molecule has 90 valence electrons. The molecule has 1 aromatic carbocycles. The summed E-state index contributed by atoms with van der Waals surface area (Å²) in [7, 11) is 3.70. The number of hydrogen-bond acceptors (Lipinski definition) is 4. The zero-order valence-electron chi connectivity index (χ0n) is 9.98. The minimum atomic E-state index is 0.572. The lowest BCUT2D eigenvalue weighted by molar-refractivity contribution is 0.148. The van der Waals surface area contributed by atoms with Crippen molar-refractivity contribution in [1.82, 2.24) is 0 Å². The van der Waals surface area contributed by atoms with Crippen LogP contribution in [0.5, 0.6) is 5.75 Å². The third-order valence-electron chi connectivity index (χ3n) is 2.33. The summed E-state index contributed by atoms with van der Waals surface area (Å²) in [6.07, 6.45) is 0. The van der Waals surface area contributed by atoms with Gasteiger partial charge in [-0.15, -0.1) is 0 Å². The van der Waals surface area contributed by atoms with E-state index in [4.69, 9.17) is 15.2 Å². The molecule has 1 aromatic rings. The standard InChI is InChI=1S/C12H20N2O2/c1-14(7-9-16-8-6-13)11-4-3-5-12(10-11)15-2/h3-5,10H,6-9,13H2,1-2H3. The Morgan fingerprint density at radius 2 is 2.12 bits per heavy atom. The van der Waals surface area contributed by atoms with Gasteiger partial charge in [-0.3, -0.25) is 0 Å². The van der Waals surface area contributed by atoms with Crippen LogP contribution in [0, 0.1) is 0 Å². The molecule has 0 aliphatic carbocycles. The van der Waals surface area contributed by atoms with Gasteiger partial charge < -0.3 is 20.1 Å². The van der Waals surface area contributed by atoms with Crippen molar-refractivity contribution in [2.75, 3.05) is 45.4 Å². The maximum absolute atomic E-state index is 5.34. The number of anilines is 1. The van der Waals surface area contributed by atoms with E-state index in [0.717, 1.165) is 18.0 Å². The summed E-state index contributed by atoms with van der Waals surface area (Å²) in [6.45, 7) is 2.72. The number of nitrogens with zero attached hydrogens (tertiary/aromatic N) is 1. The summed E-state index contributed by atoms with van der Waals surface area (Å²) < 4.78 is 10.5. The van der Waals surface area contributed by atoms with Gasteiger partial charge in [-0.25, -0.2) is 0 Å². The Hall–Kier alpha value is -1.26. The number of rotatable bonds is 7. The van der Waals surface area contributed by atoms with Gasteiger partial charge in [0.15, 0.2) is 0 Å². The van der Waals surface area contributed by atoms with Crippen LogP contribution in [-0.2, 0) is 4.74 Å². The van der Waals surface area contributed by atoms with Gasteiger partial charge in [-0.1, -0.05) is 6.07 Å². The van der Waals surface area contributed by atoms with Crippen molar-refractivity contribution in [2.24, 2.45) is 5.73 Å². The van der Waals surface area contributed by atoms with Crippen LogP contribution in [0.3, 0.4) is 0 Å². The molecule has 0 aliphatic rings. The van der Waals surface area contributed by atoms with Gasteiger partial charge in [0.05, 0.1) is 20.3 Å². The molecule has 0 spiro atoms. The molecule has 1 rings (SSSR count). The molecule has 0 fully saturated rings. The molecule has 0 atom stereocenters. The van der Waals surface area contributed by atoms with Crippen molar-refractivity contribution in [3.63, 3.8) is 0 Å². The van der Waals surface area contributed by atoms with E-state index in [9.17, 15) is 0 Å². The molecule has 0 aromatic heterocycles. The minimum absolute atomic E-state index is 0.572. The van der Waals surface area contributed by atoms with E-state index in [-0.39, 0.29) is 0 Å². The molecule has 0 saturated heterocycles. The molecule has 0 saturated carbocycles. The van der Waals surface area contributed by atoms with Gasteiger partial charge >= 0.3 is 0 Å². The van der Waals surface area contributed by atoms with Gasteiger partial charge in [0.2, 0.25) is 0 Å². The average Bonchev–Trinajstić information content (AvgIpc) is 2.34. The Kier molecular flexibility index (Phi) is 5.67. The predicted molar refractivity (Wildman–Crippen MR) is 66.1 cm³/mol. The number of nitrogens with two attached hydrogens (primary N) is 1. The van der Waals surface area contributed by atoms with E-state index in [2.05, 4.69) is 4.90 Å². The minimum Gasteiger partial charge on any atom is -0.497 e. The summed E-state index contributed by atoms with van der Waals surface area (Å²) in [6, 6.07) is 7.96. The zero-order chi connectivity index (χ0) is 11.8. The van der Waals surface area contributed by atoms with Crippen molar-refractivity contribution in [1.29, 1.82) is 0 Å². The first-order valence-corrected chi connectivity index (χ1v) is 5.41. The van der Waals surface area contributed by atoms with Gasteiger partial charge in [0.25, 0.3) is 0 Å². The largest absolute Gasteiger partial charge is 0.497 e. The molecule has 0 amide bonds. The molecule has 4 heteroatoms. The van der Waals surface area contributed by atoms with E-state index in [1.807, 2.05) is 31.3 Å². The fourth-order valence-corrected chi connectivity index (χ4v) is 1.36. The average molecular weight is 224 g/mol. The van der Waals surface area contributed by atoms with Crippen LogP contribution in [0.2, 0.25) is 0 Å². The Morgan fingerprint density at radius 1 is 1.31 bits per heavy atom. The molecular weight excluding hydrogens is 204 g/mol. The van der Waals surface area contributed by atoms with E-state index >= 15 is 0 Å². The van der Waals surface area contributed by atoms with Gasteiger partial charge in [0.1, 0.15) is 5.75 Å². The first kappa shape index (κ1) is 12.8. The molecular formula is C12H20N2O2. The van der Waals surface area contributed by atoms with E-state index in [1.165, 1.54) is 0 Å². The maximum atomic E-state index is 5.34. The van der Waals surface area contributed by atoms with Crippen molar-refractivity contribution in [3.05, 3.63) is 24.3 Å². The Morgan fingerprint density at radius 3 is 2.81 bits per heavy atom. The Balaban J connectivity index is 2.42. The van der Waals surface area contributed by atoms with Crippen LogP contribution in [0.1, 0.15) is 0 Å². The fourth-order valence-electron chi connectivity index (χ4n) is 1.36. The fraction of sp³-hybridized carbons (Fsp3) is 0.500. The Labute approximate surface area is 96.9 Å². The van der Waals surface area contributed by atoms with Crippen LogP contribution in [-0.4, -0.2) is 40.5 Å². The lowest BCUT2D eigenvalue weighted by Crippen LogP contribution is -2.23. The summed E-state index contributed by atoms with van der Waals surface area (Å²) >= 11 is 0. The number of ether oxygens (including phenoxy) is 2. The molecule has 0 bridgehead atoms. The first-order valence-electron chi connectivity index (χ1n) is 5.41. The number of likely N-dealkylation sites (N-methyl/N-ethyl adjacent to an activating group) is 1. The van der Waals surface area contributed by atoms with Crippen LogP contribution in [0.15, 0.2) is 24.3 Å². The summed E-state index contributed by atoms with van der Waals surface area (Å²) in [5.74, 6) is 0.868. The van der Waals surface area contributed by atoms with Gasteiger partial charge in [0, 0.05) is 31.9 Å². The second kappa shape index (κ2) is 7.09. The molecule has 0 heterocycles. The van der Waals surface area contributed by atoms with E-state index in [0.29, 0.717) is 19.8 Å². The van der Waals surface area contributed by atoms with Crippen molar-refractivity contribution in [3.8, 4) is 5.75 Å². The second-order valence-electron chi connectivity index (χ2n) is 3.52. The molecule has 0 radical (unpaired) electrons. The van der Waals surface area contributed by atoms with Crippen LogP contribution in [0.4, 0.5) is 5.69 Å². The molecule has 16 heavy (non-hydrogen) atoms. The number of hydrogen-bond donors (Lipinski definition) is 1. The monoisotopic (exact) mass is 224 g/mol. The second-order valence-corrected chi connectivity index (χ2v) is 3.52.